The molecule has 22 heavy (non-hydrogen) atoms. The molecule has 0 radical (unpaired) electrons. The number of esters is 1. The molecule has 116 valence electrons. The molecule has 7 heteroatoms. The highest BCUT2D eigenvalue weighted by Gasteiger charge is 2.12. The molecule has 0 amide bonds. The number of carbonyl (C=O) groups is 1. The quantitative estimate of drug-likeness (QED) is 0.843. The summed E-state index contributed by atoms with van der Waals surface area (Å²) in [6.45, 7) is 3.46. The summed E-state index contributed by atoms with van der Waals surface area (Å²) < 4.78 is 5.33. The van der Waals surface area contributed by atoms with E-state index in [1.54, 1.807) is 24.3 Å². The van der Waals surface area contributed by atoms with Gasteiger partial charge < -0.3 is 4.74 Å². The summed E-state index contributed by atoms with van der Waals surface area (Å²) in [7, 11) is 0. The molecular weight excluding hydrogens is 282 g/mol. The molecule has 1 fully saturated rings. The van der Waals surface area contributed by atoms with E-state index in [-0.39, 0.29) is 5.97 Å². The number of hydrogen-bond acceptors (Lipinski definition) is 6. The molecular formula is C15H19N5O2. The predicted molar refractivity (Wildman–Crippen MR) is 80.2 cm³/mol. The van der Waals surface area contributed by atoms with Crippen LogP contribution in [-0.4, -0.2) is 57.7 Å². The normalized spacial score (nSPS) is 15.6. The van der Waals surface area contributed by atoms with Crippen LogP contribution in [0.2, 0.25) is 0 Å². The highest BCUT2D eigenvalue weighted by Crippen LogP contribution is 2.14. The van der Waals surface area contributed by atoms with Crippen LogP contribution in [0.3, 0.4) is 0 Å². The van der Waals surface area contributed by atoms with Crippen LogP contribution in [0.15, 0.2) is 24.3 Å². The minimum absolute atomic E-state index is 0.295. The maximum atomic E-state index is 12.0. The zero-order valence-corrected chi connectivity index (χ0v) is 12.4. The molecule has 0 spiro atoms. The zero-order chi connectivity index (χ0) is 15.2. The molecule has 7 nitrogen and oxygen atoms in total. The summed E-state index contributed by atoms with van der Waals surface area (Å²) in [6, 6.07) is 7.00. The van der Waals surface area contributed by atoms with Crippen LogP contribution in [-0.2, 0) is 4.74 Å². The second-order valence-electron chi connectivity index (χ2n) is 5.35. The Morgan fingerprint density at radius 1 is 1.18 bits per heavy atom. The van der Waals surface area contributed by atoms with Crippen LogP contribution in [0.1, 0.15) is 29.6 Å². The van der Waals surface area contributed by atoms with Crippen LogP contribution < -0.4 is 0 Å². The van der Waals surface area contributed by atoms with Gasteiger partial charge in [0.2, 0.25) is 5.82 Å². The second kappa shape index (κ2) is 7.13. The molecule has 0 unspecified atom stereocenters. The molecule has 0 saturated carbocycles. The van der Waals surface area contributed by atoms with E-state index in [1.807, 2.05) is 0 Å². The van der Waals surface area contributed by atoms with E-state index in [2.05, 4.69) is 25.5 Å². The van der Waals surface area contributed by atoms with Gasteiger partial charge in [-0.1, -0.05) is 18.6 Å². The first-order valence-corrected chi connectivity index (χ1v) is 7.56. The number of nitrogens with zero attached hydrogens (tertiary/aromatic N) is 4. The third-order valence-electron chi connectivity index (χ3n) is 3.81. The number of hydrogen-bond donors (Lipinski definition) is 1. The van der Waals surface area contributed by atoms with E-state index >= 15 is 0 Å². The minimum Gasteiger partial charge on any atom is -0.461 e. The minimum atomic E-state index is -0.295. The standard InChI is InChI=1S/C15H19N5O2/c21-15(22-11-10-20-8-2-1-3-9-20)13-6-4-12(5-7-13)14-16-18-19-17-14/h4-7H,1-3,8-11H2,(H,16,17,18,19). The summed E-state index contributed by atoms with van der Waals surface area (Å²) in [4.78, 5) is 14.3. The van der Waals surface area contributed by atoms with Gasteiger partial charge in [0.25, 0.3) is 0 Å². The highest BCUT2D eigenvalue weighted by molar-refractivity contribution is 5.89. The fourth-order valence-electron chi connectivity index (χ4n) is 2.57. The third kappa shape index (κ3) is 3.67. The number of piperidine rings is 1. The Bertz CT molecular complexity index is 591. The number of aromatic amines is 1. The number of carbonyl (C=O) groups excluding carboxylic acids is 1. The predicted octanol–water partition coefficient (Wildman–Crippen LogP) is 1.51. The Morgan fingerprint density at radius 2 is 1.95 bits per heavy atom. The summed E-state index contributed by atoms with van der Waals surface area (Å²) in [6.07, 6.45) is 3.79. The van der Waals surface area contributed by atoms with Crippen molar-refractivity contribution in [2.75, 3.05) is 26.2 Å². The van der Waals surface area contributed by atoms with Gasteiger partial charge in [0.15, 0.2) is 0 Å². The number of likely N-dealkylation sites (tertiary alicyclic amines) is 1. The Labute approximate surface area is 128 Å². The van der Waals surface area contributed by atoms with Crippen molar-refractivity contribution in [3.05, 3.63) is 29.8 Å². The van der Waals surface area contributed by atoms with E-state index in [9.17, 15) is 4.79 Å². The first-order valence-electron chi connectivity index (χ1n) is 7.56. The molecule has 3 rings (SSSR count). The van der Waals surface area contributed by atoms with Crippen molar-refractivity contribution in [3.63, 3.8) is 0 Å². The average Bonchev–Trinajstić information content (AvgIpc) is 3.10. The maximum Gasteiger partial charge on any atom is 0.338 e. The maximum absolute atomic E-state index is 12.0. The van der Waals surface area contributed by atoms with E-state index in [4.69, 9.17) is 4.74 Å². The fraction of sp³-hybridized carbons (Fsp3) is 0.467. The Balaban J connectivity index is 1.49. The smallest absolute Gasteiger partial charge is 0.338 e. The van der Waals surface area contributed by atoms with Gasteiger partial charge in [-0.15, -0.1) is 10.2 Å². The molecule has 1 aliphatic heterocycles. The summed E-state index contributed by atoms with van der Waals surface area (Å²) in [5.74, 6) is 0.210. The van der Waals surface area contributed by atoms with Crippen molar-refractivity contribution in [1.29, 1.82) is 0 Å². The van der Waals surface area contributed by atoms with E-state index in [0.29, 0.717) is 18.0 Å². The molecule has 2 aromatic rings. The monoisotopic (exact) mass is 301 g/mol. The van der Waals surface area contributed by atoms with Gasteiger partial charge in [-0.05, 0) is 43.3 Å². The van der Waals surface area contributed by atoms with E-state index < -0.39 is 0 Å². The molecule has 1 aromatic carbocycles. The molecule has 1 N–H and O–H groups in total. The van der Waals surface area contributed by atoms with Crippen molar-refractivity contribution in [3.8, 4) is 11.4 Å². The van der Waals surface area contributed by atoms with Crippen molar-refractivity contribution in [2.24, 2.45) is 0 Å². The van der Waals surface area contributed by atoms with Crippen LogP contribution in [0.5, 0.6) is 0 Å². The van der Waals surface area contributed by atoms with Gasteiger partial charge >= 0.3 is 5.97 Å². The molecule has 0 aliphatic carbocycles. The number of ether oxygens (including phenoxy) is 1. The van der Waals surface area contributed by atoms with Crippen molar-refractivity contribution >= 4 is 5.97 Å². The first-order chi connectivity index (χ1) is 10.8. The lowest BCUT2D eigenvalue weighted by atomic mass is 10.1. The van der Waals surface area contributed by atoms with Crippen molar-refractivity contribution in [2.45, 2.75) is 19.3 Å². The molecule has 1 aromatic heterocycles. The SMILES string of the molecule is O=C(OCCN1CCCCC1)c1ccc(-c2nn[nH]n2)cc1. The zero-order valence-electron chi connectivity index (χ0n) is 12.4. The van der Waals surface area contributed by atoms with E-state index in [1.165, 1.54) is 19.3 Å². The summed E-state index contributed by atoms with van der Waals surface area (Å²) in [5, 5.41) is 13.7. The number of nitrogens with one attached hydrogen (secondary N) is 1. The lowest BCUT2D eigenvalue weighted by molar-refractivity contribution is 0.0452. The largest absolute Gasteiger partial charge is 0.461 e. The number of aromatic nitrogens is 4. The number of H-pyrrole nitrogens is 1. The van der Waals surface area contributed by atoms with Gasteiger partial charge in [-0.2, -0.15) is 5.21 Å². The lowest BCUT2D eigenvalue weighted by Crippen LogP contribution is -2.33. The summed E-state index contributed by atoms with van der Waals surface area (Å²) >= 11 is 0. The molecule has 2 heterocycles. The summed E-state index contributed by atoms with van der Waals surface area (Å²) in [5.41, 5.74) is 1.34. The van der Waals surface area contributed by atoms with Crippen LogP contribution in [0, 0.1) is 0 Å². The topological polar surface area (TPSA) is 84.0 Å². The average molecular weight is 301 g/mol. The van der Waals surface area contributed by atoms with Gasteiger partial charge in [-0.3, -0.25) is 4.90 Å². The third-order valence-corrected chi connectivity index (χ3v) is 3.81. The fourth-order valence-corrected chi connectivity index (χ4v) is 2.57. The van der Waals surface area contributed by atoms with Crippen LogP contribution in [0.4, 0.5) is 0 Å². The molecule has 0 bridgehead atoms. The Kier molecular flexibility index (Phi) is 4.75. The number of benzene rings is 1. The Morgan fingerprint density at radius 3 is 2.64 bits per heavy atom. The lowest BCUT2D eigenvalue weighted by Gasteiger charge is -2.25. The van der Waals surface area contributed by atoms with Crippen molar-refractivity contribution in [1.82, 2.24) is 25.5 Å². The van der Waals surface area contributed by atoms with Crippen molar-refractivity contribution < 1.29 is 9.53 Å². The van der Waals surface area contributed by atoms with Crippen LogP contribution >= 0.6 is 0 Å². The van der Waals surface area contributed by atoms with Gasteiger partial charge in [-0.25, -0.2) is 4.79 Å². The highest BCUT2D eigenvalue weighted by atomic mass is 16.5. The second-order valence-corrected chi connectivity index (χ2v) is 5.35. The van der Waals surface area contributed by atoms with Gasteiger partial charge in [0.1, 0.15) is 6.61 Å². The number of rotatable bonds is 5. The Hall–Kier alpha value is -2.28. The first kappa shape index (κ1) is 14.6. The van der Waals surface area contributed by atoms with Gasteiger partial charge in [0.05, 0.1) is 5.56 Å². The van der Waals surface area contributed by atoms with Crippen LogP contribution in [0.25, 0.3) is 11.4 Å². The number of tetrazole rings is 1. The molecule has 0 atom stereocenters. The van der Waals surface area contributed by atoms with E-state index in [0.717, 1.165) is 25.2 Å². The molecule has 1 saturated heterocycles. The molecule has 1 aliphatic rings. The van der Waals surface area contributed by atoms with Gasteiger partial charge in [0, 0.05) is 12.1 Å².